The van der Waals surface area contributed by atoms with E-state index in [1.807, 2.05) is 6.92 Å². The highest BCUT2D eigenvalue weighted by molar-refractivity contribution is 7.88. The summed E-state index contributed by atoms with van der Waals surface area (Å²) in [7, 11) is -3.36. The predicted molar refractivity (Wildman–Crippen MR) is 106 cm³/mol. The molecule has 3 rings (SSSR count). The highest BCUT2D eigenvalue weighted by atomic mass is 32.2. The summed E-state index contributed by atoms with van der Waals surface area (Å²) in [5.41, 5.74) is 0.558. The molecule has 0 spiro atoms. The molecule has 9 nitrogen and oxygen atoms in total. The third kappa shape index (κ3) is 5.11. The number of ether oxygens (including phenoxy) is 1. The highest BCUT2D eigenvalue weighted by Gasteiger charge is 2.33. The second-order valence-electron chi connectivity index (χ2n) is 7.41. The summed E-state index contributed by atoms with van der Waals surface area (Å²) in [6, 6.07) is 1.54. The Kier molecular flexibility index (Phi) is 7.08. The maximum absolute atomic E-state index is 12.9. The Bertz CT molecular complexity index is 760. The molecule has 2 aliphatic rings. The van der Waals surface area contributed by atoms with Crippen LogP contribution in [-0.4, -0.2) is 103 Å². The molecule has 1 amide bonds. The molecule has 0 radical (unpaired) electrons. The van der Waals surface area contributed by atoms with Crippen LogP contribution in [0.3, 0.4) is 0 Å². The Morgan fingerprint density at radius 2 is 2.07 bits per heavy atom. The van der Waals surface area contributed by atoms with Gasteiger partial charge < -0.3 is 9.64 Å². The topological polar surface area (TPSA) is 88.0 Å². The standard InChI is InChI=1S/C18H31N5O4S/c1-3-22-17(6-7-19-22)18(24)21-8-4-5-16(15-21)23(28(2,25)26)10-9-20-11-13-27-14-12-20/h6-7,16H,3-5,8-15H2,1-2H3. The van der Waals surface area contributed by atoms with Gasteiger partial charge in [0.25, 0.3) is 5.91 Å². The van der Waals surface area contributed by atoms with Crippen LogP contribution >= 0.6 is 0 Å². The first kappa shape index (κ1) is 21.2. The van der Waals surface area contributed by atoms with Crippen LogP contribution < -0.4 is 0 Å². The van der Waals surface area contributed by atoms with Crippen LogP contribution in [0.4, 0.5) is 0 Å². The number of rotatable bonds is 7. The zero-order valence-electron chi connectivity index (χ0n) is 16.8. The Morgan fingerprint density at radius 1 is 1.32 bits per heavy atom. The Balaban J connectivity index is 1.67. The molecule has 2 saturated heterocycles. The zero-order chi connectivity index (χ0) is 20.1. The van der Waals surface area contributed by atoms with Gasteiger partial charge in [-0.1, -0.05) is 0 Å². The molecule has 28 heavy (non-hydrogen) atoms. The normalized spacial score (nSPS) is 22.0. The molecule has 1 unspecified atom stereocenters. The molecule has 10 heteroatoms. The number of likely N-dealkylation sites (tertiary alicyclic amines) is 1. The predicted octanol–water partition coefficient (Wildman–Crippen LogP) is 0.101. The van der Waals surface area contributed by atoms with Crippen molar-refractivity contribution in [3.8, 4) is 0 Å². The van der Waals surface area contributed by atoms with E-state index < -0.39 is 10.0 Å². The Labute approximate surface area is 167 Å². The molecule has 158 valence electrons. The number of aryl methyl sites for hydroxylation is 1. The number of carbonyl (C=O) groups is 1. The van der Waals surface area contributed by atoms with Gasteiger partial charge in [-0.2, -0.15) is 9.40 Å². The fourth-order valence-electron chi connectivity index (χ4n) is 3.99. The van der Waals surface area contributed by atoms with E-state index in [0.29, 0.717) is 51.6 Å². The lowest BCUT2D eigenvalue weighted by atomic mass is 10.1. The maximum Gasteiger partial charge on any atom is 0.272 e. The van der Waals surface area contributed by atoms with E-state index in [4.69, 9.17) is 4.74 Å². The van der Waals surface area contributed by atoms with Crippen LogP contribution in [0.1, 0.15) is 30.3 Å². The van der Waals surface area contributed by atoms with Crippen LogP contribution in [0.25, 0.3) is 0 Å². The van der Waals surface area contributed by atoms with Crippen LogP contribution in [0, 0.1) is 0 Å². The van der Waals surface area contributed by atoms with Gasteiger partial charge in [0.15, 0.2) is 0 Å². The van der Waals surface area contributed by atoms with E-state index in [0.717, 1.165) is 25.9 Å². The molecule has 0 N–H and O–H groups in total. The fourth-order valence-corrected chi connectivity index (χ4v) is 5.11. The number of morpholine rings is 1. The van der Waals surface area contributed by atoms with Crippen molar-refractivity contribution in [3.63, 3.8) is 0 Å². The largest absolute Gasteiger partial charge is 0.379 e. The van der Waals surface area contributed by atoms with Gasteiger partial charge in [-0.3, -0.25) is 14.4 Å². The molecular weight excluding hydrogens is 382 g/mol. The molecule has 0 aromatic carbocycles. The number of sulfonamides is 1. The number of nitrogens with zero attached hydrogens (tertiary/aromatic N) is 5. The average Bonchev–Trinajstić information content (AvgIpc) is 3.16. The number of amides is 1. The number of aromatic nitrogens is 2. The van der Waals surface area contributed by atoms with Crippen molar-refractivity contribution < 1.29 is 17.9 Å². The molecule has 3 heterocycles. The lowest BCUT2D eigenvalue weighted by Crippen LogP contribution is -2.53. The minimum Gasteiger partial charge on any atom is -0.379 e. The smallest absolute Gasteiger partial charge is 0.272 e. The van der Waals surface area contributed by atoms with Crippen molar-refractivity contribution in [2.24, 2.45) is 0 Å². The van der Waals surface area contributed by atoms with Crippen molar-refractivity contribution >= 4 is 15.9 Å². The minimum absolute atomic E-state index is 0.0781. The lowest BCUT2D eigenvalue weighted by Gasteiger charge is -2.39. The van der Waals surface area contributed by atoms with Crippen molar-refractivity contribution in [3.05, 3.63) is 18.0 Å². The average molecular weight is 414 g/mol. The first-order valence-electron chi connectivity index (χ1n) is 9.98. The third-order valence-electron chi connectivity index (χ3n) is 5.49. The molecule has 0 bridgehead atoms. The van der Waals surface area contributed by atoms with Crippen LogP contribution in [0.15, 0.2) is 12.3 Å². The number of carbonyl (C=O) groups excluding carboxylic acids is 1. The van der Waals surface area contributed by atoms with E-state index >= 15 is 0 Å². The summed E-state index contributed by atoms with van der Waals surface area (Å²) in [4.78, 5) is 16.9. The van der Waals surface area contributed by atoms with Crippen molar-refractivity contribution in [1.29, 1.82) is 0 Å². The molecule has 1 aromatic heterocycles. The number of hydrogen-bond acceptors (Lipinski definition) is 6. The Hall–Kier alpha value is -1.49. The van der Waals surface area contributed by atoms with Crippen molar-refractivity contribution in [2.75, 3.05) is 58.7 Å². The first-order chi connectivity index (χ1) is 13.4. The van der Waals surface area contributed by atoms with E-state index in [-0.39, 0.29) is 11.9 Å². The first-order valence-corrected chi connectivity index (χ1v) is 11.8. The van der Waals surface area contributed by atoms with Crippen LogP contribution in [-0.2, 0) is 21.3 Å². The van der Waals surface area contributed by atoms with Crippen LogP contribution in [0.2, 0.25) is 0 Å². The summed E-state index contributed by atoms with van der Waals surface area (Å²) in [5.74, 6) is -0.0781. The van der Waals surface area contributed by atoms with Gasteiger partial charge in [0.2, 0.25) is 10.0 Å². The van der Waals surface area contributed by atoms with E-state index in [1.165, 1.54) is 6.26 Å². The summed E-state index contributed by atoms with van der Waals surface area (Å²) in [5, 5.41) is 4.17. The van der Waals surface area contributed by atoms with Gasteiger partial charge in [-0.05, 0) is 25.8 Å². The van der Waals surface area contributed by atoms with Gasteiger partial charge >= 0.3 is 0 Å². The highest BCUT2D eigenvalue weighted by Crippen LogP contribution is 2.20. The molecular formula is C18H31N5O4S. The van der Waals surface area contributed by atoms with Gasteiger partial charge in [-0.25, -0.2) is 8.42 Å². The van der Waals surface area contributed by atoms with Crippen molar-refractivity contribution in [2.45, 2.75) is 32.4 Å². The summed E-state index contributed by atoms with van der Waals surface area (Å²) >= 11 is 0. The quantitative estimate of drug-likeness (QED) is 0.630. The fraction of sp³-hybridized carbons (Fsp3) is 0.778. The molecule has 2 fully saturated rings. The van der Waals surface area contributed by atoms with E-state index in [2.05, 4.69) is 10.00 Å². The summed E-state index contributed by atoms with van der Waals surface area (Å²) in [6.07, 6.45) is 4.45. The third-order valence-corrected chi connectivity index (χ3v) is 6.83. The molecule has 0 saturated carbocycles. The maximum atomic E-state index is 12.9. The molecule has 2 aliphatic heterocycles. The van der Waals surface area contributed by atoms with Gasteiger partial charge in [0, 0.05) is 58.1 Å². The second-order valence-corrected chi connectivity index (χ2v) is 9.34. The van der Waals surface area contributed by atoms with Gasteiger partial charge in [-0.15, -0.1) is 0 Å². The van der Waals surface area contributed by atoms with E-state index in [1.54, 1.807) is 26.2 Å². The molecule has 0 aliphatic carbocycles. The van der Waals surface area contributed by atoms with Gasteiger partial charge in [0.05, 0.1) is 19.5 Å². The summed E-state index contributed by atoms with van der Waals surface area (Å²) < 4.78 is 33.6. The minimum atomic E-state index is -3.36. The lowest BCUT2D eigenvalue weighted by molar-refractivity contribution is 0.0333. The summed E-state index contributed by atoms with van der Waals surface area (Å²) in [6.45, 7) is 7.80. The molecule has 1 atom stereocenters. The molecule has 1 aromatic rings. The number of piperidine rings is 1. The second kappa shape index (κ2) is 9.34. The monoisotopic (exact) mass is 413 g/mol. The van der Waals surface area contributed by atoms with Gasteiger partial charge in [0.1, 0.15) is 5.69 Å². The zero-order valence-corrected chi connectivity index (χ0v) is 17.6. The number of hydrogen-bond donors (Lipinski definition) is 0. The van der Waals surface area contributed by atoms with E-state index in [9.17, 15) is 13.2 Å². The van der Waals surface area contributed by atoms with Crippen LogP contribution in [0.5, 0.6) is 0 Å². The Morgan fingerprint density at radius 3 is 2.75 bits per heavy atom. The van der Waals surface area contributed by atoms with Crippen molar-refractivity contribution in [1.82, 2.24) is 23.9 Å². The SMILES string of the molecule is CCn1nccc1C(=O)N1CCCC(N(CCN2CCOCC2)S(C)(=O)=O)C1.